The molecule has 0 aromatic rings. The highest BCUT2D eigenvalue weighted by atomic mass is 32.3. The Balaban J connectivity index is 0.00000544. The molecule has 0 saturated carbocycles. The van der Waals surface area contributed by atoms with Gasteiger partial charge in [-0.3, -0.25) is 4.79 Å². The molecule has 2 heterocycles. The van der Waals surface area contributed by atoms with Crippen LogP contribution >= 0.6 is 0 Å². The van der Waals surface area contributed by atoms with Gasteiger partial charge in [0.2, 0.25) is 22.6 Å². The number of aliphatic hydroxyl groups is 3. The van der Waals surface area contributed by atoms with Crippen molar-refractivity contribution in [2.24, 2.45) is 0 Å². The summed E-state index contributed by atoms with van der Waals surface area (Å²) in [5, 5.41) is 44.7. The molecule has 32 heavy (non-hydrogen) atoms. The Bertz CT molecular complexity index is 783. The predicted octanol–water partition coefficient (Wildman–Crippen LogP) is -5.50. The number of amides is 1. The van der Waals surface area contributed by atoms with Gasteiger partial charge in [-0.05, 0) is 0 Å². The van der Waals surface area contributed by atoms with Gasteiger partial charge in [0.15, 0.2) is 12.6 Å². The van der Waals surface area contributed by atoms with Crippen molar-refractivity contribution < 1.29 is 72.3 Å². The van der Waals surface area contributed by atoms with Crippen LogP contribution in [0.1, 0.15) is 8.35 Å². The second-order valence-corrected chi connectivity index (χ2v) is 7.87. The first kappa shape index (κ1) is 26.7. The van der Waals surface area contributed by atoms with E-state index in [1.807, 2.05) is 0 Å². The molecule has 2 fully saturated rings. The molecule has 17 heteroatoms. The molecule has 2 aliphatic heterocycles. The molecule has 1 amide bonds. The Labute approximate surface area is 183 Å². The van der Waals surface area contributed by atoms with Gasteiger partial charge in [-0.2, -0.15) is 0 Å². The monoisotopic (exact) mass is 491 g/mol. The number of methoxy groups -OCH3 is 2. The summed E-state index contributed by atoms with van der Waals surface area (Å²) in [7, 11) is -3.27. The maximum absolute atomic E-state index is 11.6. The average molecular weight is 491 g/mol. The zero-order valence-corrected chi connectivity index (χ0v) is 17.7. The van der Waals surface area contributed by atoms with Crippen molar-refractivity contribution in [3.8, 4) is 0 Å². The van der Waals surface area contributed by atoms with Crippen LogP contribution in [0.4, 0.5) is 0 Å². The molecular formula is C15H25NO15S-2. The number of carbonyl (C=O) groups is 2. The lowest BCUT2D eigenvalue weighted by atomic mass is 9.97. The summed E-state index contributed by atoms with van der Waals surface area (Å²) >= 11 is 0. The largest absolute Gasteiger partial charge is 0.725 e. The molecule has 2 saturated heterocycles. The van der Waals surface area contributed by atoms with Gasteiger partial charge in [-0.25, -0.2) is 12.6 Å². The summed E-state index contributed by atoms with van der Waals surface area (Å²) in [5.41, 5.74) is 0. The number of aliphatic carboxylic acids is 1. The number of hydrogen-bond donors (Lipinski definition) is 4. The number of rotatable bonds is 8. The third-order valence-corrected chi connectivity index (χ3v) is 5.11. The van der Waals surface area contributed by atoms with Crippen LogP contribution in [0.2, 0.25) is 0 Å². The molecule has 2 aliphatic rings. The van der Waals surface area contributed by atoms with E-state index in [2.05, 4.69) is 9.50 Å². The van der Waals surface area contributed by atoms with Crippen molar-refractivity contribution in [3.05, 3.63) is 0 Å². The summed E-state index contributed by atoms with van der Waals surface area (Å²) < 4.78 is 62.4. The first-order chi connectivity index (χ1) is 14.8. The van der Waals surface area contributed by atoms with Crippen LogP contribution in [0, 0.1) is 0 Å². The fourth-order valence-corrected chi connectivity index (χ4v) is 3.72. The smallest absolute Gasteiger partial charge is 0.220 e. The third kappa shape index (κ3) is 6.08. The zero-order chi connectivity index (χ0) is 24.4. The van der Waals surface area contributed by atoms with E-state index >= 15 is 0 Å². The van der Waals surface area contributed by atoms with Crippen molar-refractivity contribution in [2.75, 3.05) is 14.2 Å². The van der Waals surface area contributed by atoms with Crippen LogP contribution in [-0.4, -0.2) is 116 Å². The Morgan fingerprint density at radius 3 is 2.06 bits per heavy atom. The van der Waals surface area contributed by atoms with E-state index in [1.54, 1.807) is 0 Å². The molecule has 0 bridgehead atoms. The van der Waals surface area contributed by atoms with Gasteiger partial charge in [0, 0.05) is 22.6 Å². The average Bonchev–Trinajstić information content (AvgIpc) is 2.68. The number of aliphatic hydroxyl groups excluding tert-OH is 3. The summed E-state index contributed by atoms with van der Waals surface area (Å²) in [6, 6.07) is -1.41. The highest BCUT2D eigenvalue weighted by Gasteiger charge is 2.53. The van der Waals surface area contributed by atoms with Crippen LogP contribution in [0.15, 0.2) is 0 Å². The topological polar surface area (TPSA) is 242 Å². The number of carboxylic acid groups (broad SMARTS) is 1. The summed E-state index contributed by atoms with van der Waals surface area (Å²) in [5.74, 6) is -2.51. The molecule has 0 radical (unpaired) electrons. The summed E-state index contributed by atoms with van der Waals surface area (Å²) in [6.07, 6.45) is -16.8. The maximum atomic E-state index is 11.6. The quantitative estimate of drug-likeness (QED) is 0.183. The van der Waals surface area contributed by atoms with E-state index < -0.39 is 83.8 Å². The van der Waals surface area contributed by atoms with Crippen molar-refractivity contribution in [3.63, 3.8) is 0 Å². The van der Waals surface area contributed by atoms with E-state index in [9.17, 15) is 43.0 Å². The zero-order valence-electron chi connectivity index (χ0n) is 16.9. The second-order valence-electron chi connectivity index (χ2n) is 6.86. The number of carbonyl (C=O) groups excluding carboxylic acids is 2. The van der Waals surface area contributed by atoms with Crippen molar-refractivity contribution in [1.82, 2.24) is 5.32 Å². The molecule has 16 nitrogen and oxygen atoms in total. The molecule has 0 aliphatic carbocycles. The number of ether oxygens (including phenoxy) is 5. The van der Waals surface area contributed by atoms with E-state index in [1.165, 1.54) is 0 Å². The fraction of sp³-hybridized carbons (Fsp3) is 0.867. The minimum Gasteiger partial charge on any atom is -0.725 e. The summed E-state index contributed by atoms with van der Waals surface area (Å²) in [6.45, 7) is 1.08. The molecule has 10 atom stereocenters. The number of hydrogen-bond acceptors (Lipinski definition) is 15. The highest BCUT2D eigenvalue weighted by molar-refractivity contribution is 7.80. The van der Waals surface area contributed by atoms with Gasteiger partial charge >= 0.3 is 0 Å². The van der Waals surface area contributed by atoms with Crippen LogP contribution in [0.25, 0.3) is 0 Å². The lowest BCUT2D eigenvalue weighted by Gasteiger charge is -2.47. The Morgan fingerprint density at radius 2 is 1.59 bits per heavy atom. The Kier molecular flexibility index (Phi) is 8.87. The van der Waals surface area contributed by atoms with Crippen LogP contribution in [0.3, 0.4) is 0 Å². The van der Waals surface area contributed by atoms with Gasteiger partial charge in [-0.1, -0.05) is 0 Å². The molecule has 4 unspecified atom stereocenters. The van der Waals surface area contributed by atoms with Crippen LogP contribution < -0.4 is 10.4 Å². The lowest BCUT2D eigenvalue weighted by molar-refractivity contribution is -0.371. The minimum atomic E-state index is -5.39. The van der Waals surface area contributed by atoms with Crippen molar-refractivity contribution in [2.45, 2.75) is 68.5 Å². The normalized spacial score (nSPS) is 40.6. The Morgan fingerprint density at radius 1 is 0.969 bits per heavy atom. The standard InChI is InChI=1S/C15H25NO15S.H2/c1-4(17)16-5-9(8(20)15(30-13(5)27-3)31-32(23,24)25)28-14-7(19)6(18)10(26-2)11(29-14)12(21)22;/h5-11,13-15,18-20H,1-3H3,(H,16,17)(H,21,22)(H,23,24,25);1H/p-2/t5?,6?,7?,8-,9?,10+,11-,13-,14-,15+;/m1./s1. The number of nitrogens with one attached hydrogen (secondary N) is 1. The van der Waals surface area contributed by atoms with Crippen LogP contribution in [0.5, 0.6) is 0 Å². The maximum Gasteiger partial charge on any atom is 0.220 e. The molecule has 0 spiro atoms. The Hall–Kier alpha value is -1.51. The van der Waals surface area contributed by atoms with Gasteiger partial charge in [0.25, 0.3) is 0 Å². The van der Waals surface area contributed by atoms with Gasteiger partial charge in [0.05, 0.1) is 5.97 Å². The van der Waals surface area contributed by atoms with Gasteiger partial charge < -0.3 is 58.8 Å². The molecule has 4 N–H and O–H groups in total. The first-order valence-electron chi connectivity index (χ1n) is 8.99. The molecule has 0 aromatic carbocycles. The predicted molar refractivity (Wildman–Crippen MR) is 93.5 cm³/mol. The minimum absolute atomic E-state index is 0. The fourth-order valence-electron chi connectivity index (χ4n) is 3.32. The molecule has 2 rings (SSSR count). The van der Waals surface area contributed by atoms with E-state index in [0.29, 0.717) is 0 Å². The number of carboxylic acids is 1. The van der Waals surface area contributed by atoms with E-state index in [-0.39, 0.29) is 1.43 Å². The second kappa shape index (κ2) is 10.6. The van der Waals surface area contributed by atoms with Crippen molar-refractivity contribution >= 4 is 22.3 Å². The lowest BCUT2D eigenvalue weighted by Crippen LogP contribution is -2.68. The first-order valence-corrected chi connectivity index (χ1v) is 10.3. The van der Waals surface area contributed by atoms with E-state index in [0.717, 1.165) is 21.1 Å². The highest BCUT2D eigenvalue weighted by Crippen LogP contribution is 2.31. The van der Waals surface area contributed by atoms with Crippen LogP contribution in [-0.2, 0) is 47.9 Å². The van der Waals surface area contributed by atoms with Gasteiger partial charge in [0.1, 0.15) is 42.7 Å². The molecular weight excluding hydrogens is 466 g/mol. The summed E-state index contributed by atoms with van der Waals surface area (Å²) in [4.78, 5) is 23.0. The van der Waals surface area contributed by atoms with Gasteiger partial charge in [-0.15, -0.1) is 0 Å². The third-order valence-electron chi connectivity index (χ3n) is 4.69. The van der Waals surface area contributed by atoms with Crippen molar-refractivity contribution in [1.29, 1.82) is 0 Å². The molecule has 0 aromatic heterocycles. The van der Waals surface area contributed by atoms with E-state index in [4.69, 9.17) is 23.7 Å². The SMILES string of the molecule is CO[C@@H]1O[C@@H](OS(=O)(=O)[O-])[C@H](O)C(O[C@@H]2O[C@@H](C(=O)[O-])[C@@H](OC)C(O)C2O)C1NC(C)=O.[HH]. The molecule has 188 valence electrons.